The molecule has 0 saturated heterocycles. The van der Waals surface area contributed by atoms with Gasteiger partial charge in [-0.25, -0.2) is 12.8 Å². The zero-order chi connectivity index (χ0) is 11.5. The molecule has 0 fully saturated rings. The normalized spacial score (nSPS) is 13.8. The summed E-state index contributed by atoms with van der Waals surface area (Å²) >= 11 is 0. The van der Waals surface area contributed by atoms with Gasteiger partial charge in [-0.15, -0.1) is 0 Å². The van der Waals surface area contributed by atoms with Gasteiger partial charge in [-0.05, 0) is 24.1 Å². The molecule has 0 heterocycles. The Bertz CT molecular complexity index is 426. The van der Waals surface area contributed by atoms with E-state index >= 15 is 0 Å². The Balaban J connectivity index is 2.96. The first-order valence-corrected chi connectivity index (χ1v) is 6.59. The maximum Gasteiger partial charge on any atom is 0.178 e. The van der Waals surface area contributed by atoms with Crippen LogP contribution >= 0.6 is 0 Å². The molecule has 1 rings (SSSR count). The van der Waals surface area contributed by atoms with Crippen molar-refractivity contribution >= 4 is 9.84 Å². The number of benzene rings is 1. The molecule has 1 unspecified atom stereocenters. The fraction of sp³-hybridized carbons (Fsp3) is 0.455. The second-order valence-corrected chi connectivity index (χ2v) is 5.79. The van der Waals surface area contributed by atoms with Crippen LogP contribution < -0.4 is 0 Å². The van der Waals surface area contributed by atoms with E-state index in [-0.39, 0.29) is 16.6 Å². The van der Waals surface area contributed by atoms with Crippen molar-refractivity contribution in [2.75, 3.05) is 5.75 Å². The predicted octanol–water partition coefficient (Wildman–Crippen LogP) is 2.65. The molecule has 0 aliphatic carbocycles. The molecule has 0 aromatic heterocycles. The van der Waals surface area contributed by atoms with Gasteiger partial charge >= 0.3 is 0 Å². The van der Waals surface area contributed by atoms with Crippen molar-refractivity contribution in [1.82, 2.24) is 0 Å². The fourth-order valence-electron chi connectivity index (χ4n) is 1.25. The first-order chi connectivity index (χ1) is 6.95. The van der Waals surface area contributed by atoms with E-state index in [1.165, 1.54) is 18.2 Å². The lowest BCUT2D eigenvalue weighted by Crippen LogP contribution is -2.13. The van der Waals surface area contributed by atoms with E-state index in [1.54, 1.807) is 0 Å². The highest BCUT2D eigenvalue weighted by Gasteiger charge is 2.17. The van der Waals surface area contributed by atoms with Crippen molar-refractivity contribution in [3.63, 3.8) is 0 Å². The van der Waals surface area contributed by atoms with Gasteiger partial charge in [0.1, 0.15) is 5.82 Å². The number of rotatable bonds is 4. The van der Waals surface area contributed by atoms with Crippen molar-refractivity contribution in [3.8, 4) is 0 Å². The molecule has 84 valence electrons. The topological polar surface area (TPSA) is 34.1 Å². The first-order valence-electron chi connectivity index (χ1n) is 4.94. The summed E-state index contributed by atoms with van der Waals surface area (Å²) in [7, 11) is -3.33. The minimum atomic E-state index is -3.33. The first kappa shape index (κ1) is 12.2. The molecule has 2 nitrogen and oxygen atoms in total. The summed E-state index contributed by atoms with van der Waals surface area (Å²) in [6.45, 7) is 3.81. The SMILES string of the molecule is CCC(C)CS(=O)(=O)c1cccc(F)c1. The van der Waals surface area contributed by atoms with E-state index in [0.29, 0.717) is 0 Å². The van der Waals surface area contributed by atoms with Crippen LogP contribution in [-0.4, -0.2) is 14.2 Å². The molecular formula is C11H15FO2S. The van der Waals surface area contributed by atoms with Crippen LogP contribution in [0.15, 0.2) is 29.2 Å². The summed E-state index contributed by atoms with van der Waals surface area (Å²) in [6.07, 6.45) is 0.800. The van der Waals surface area contributed by atoms with Crippen molar-refractivity contribution in [3.05, 3.63) is 30.1 Å². The maximum absolute atomic E-state index is 12.9. The molecule has 0 saturated carbocycles. The molecule has 0 amide bonds. The maximum atomic E-state index is 12.9. The summed E-state index contributed by atoms with van der Waals surface area (Å²) in [5, 5.41) is 0. The highest BCUT2D eigenvalue weighted by Crippen LogP contribution is 2.16. The third-order valence-electron chi connectivity index (χ3n) is 2.36. The van der Waals surface area contributed by atoms with Gasteiger partial charge in [-0.3, -0.25) is 0 Å². The number of halogens is 1. The van der Waals surface area contributed by atoms with E-state index < -0.39 is 15.7 Å². The average Bonchev–Trinajstić information content (AvgIpc) is 2.17. The minimum absolute atomic E-state index is 0.0720. The Morgan fingerprint density at radius 1 is 1.40 bits per heavy atom. The molecule has 0 bridgehead atoms. The van der Waals surface area contributed by atoms with E-state index in [9.17, 15) is 12.8 Å². The lowest BCUT2D eigenvalue weighted by atomic mass is 10.2. The van der Waals surface area contributed by atoms with Crippen LogP contribution in [0.2, 0.25) is 0 Å². The molecule has 1 aromatic carbocycles. The van der Waals surface area contributed by atoms with Crippen molar-refractivity contribution in [2.45, 2.75) is 25.2 Å². The summed E-state index contributed by atoms with van der Waals surface area (Å²) in [5.41, 5.74) is 0. The third kappa shape index (κ3) is 3.30. The molecule has 0 aliphatic heterocycles. The second-order valence-electron chi connectivity index (χ2n) is 3.75. The van der Waals surface area contributed by atoms with Gasteiger partial charge in [0.05, 0.1) is 10.6 Å². The van der Waals surface area contributed by atoms with E-state index in [0.717, 1.165) is 12.5 Å². The lowest BCUT2D eigenvalue weighted by Gasteiger charge is -2.09. The fourth-order valence-corrected chi connectivity index (χ4v) is 3.00. The van der Waals surface area contributed by atoms with E-state index in [1.807, 2.05) is 13.8 Å². The summed E-state index contributed by atoms with van der Waals surface area (Å²) in [5.74, 6) is -0.342. The predicted molar refractivity (Wildman–Crippen MR) is 57.9 cm³/mol. The van der Waals surface area contributed by atoms with Gasteiger partial charge in [-0.2, -0.15) is 0 Å². The Hall–Kier alpha value is -0.900. The summed E-state index contributed by atoms with van der Waals surface area (Å²) < 4.78 is 36.4. The zero-order valence-electron chi connectivity index (χ0n) is 8.90. The third-order valence-corrected chi connectivity index (χ3v) is 4.34. The molecule has 15 heavy (non-hydrogen) atoms. The molecule has 0 spiro atoms. The molecule has 1 atom stereocenters. The Kier molecular flexibility index (Phi) is 3.85. The van der Waals surface area contributed by atoms with E-state index in [2.05, 4.69) is 0 Å². The van der Waals surface area contributed by atoms with Crippen LogP contribution in [0.3, 0.4) is 0 Å². The number of hydrogen-bond acceptors (Lipinski definition) is 2. The standard InChI is InChI=1S/C11H15FO2S/c1-3-9(2)8-15(13,14)11-6-4-5-10(12)7-11/h4-7,9H,3,8H2,1-2H3. The molecule has 0 radical (unpaired) electrons. The average molecular weight is 230 g/mol. The molecule has 0 aliphatic rings. The van der Waals surface area contributed by atoms with Crippen molar-refractivity contribution < 1.29 is 12.8 Å². The van der Waals surface area contributed by atoms with Gasteiger partial charge < -0.3 is 0 Å². The molecule has 0 N–H and O–H groups in total. The monoisotopic (exact) mass is 230 g/mol. The second kappa shape index (κ2) is 4.75. The van der Waals surface area contributed by atoms with Gasteiger partial charge in [0.2, 0.25) is 0 Å². The highest BCUT2D eigenvalue weighted by molar-refractivity contribution is 7.91. The number of hydrogen-bond donors (Lipinski definition) is 0. The van der Waals surface area contributed by atoms with Gasteiger partial charge in [0.15, 0.2) is 9.84 Å². The van der Waals surface area contributed by atoms with Gasteiger partial charge in [0, 0.05) is 0 Å². The summed E-state index contributed by atoms with van der Waals surface area (Å²) in [4.78, 5) is 0.0720. The zero-order valence-corrected chi connectivity index (χ0v) is 9.72. The van der Waals surface area contributed by atoms with Crippen LogP contribution in [0.25, 0.3) is 0 Å². The Morgan fingerprint density at radius 2 is 2.07 bits per heavy atom. The van der Waals surface area contributed by atoms with Crippen LogP contribution in [0, 0.1) is 11.7 Å². The largest absolute Gasteiger partial charge is 0.224 e. The smallest absolute Gasteiger partial charge is 0.178 e. The molecule has 4 heteroatoms. The van der Waals surface area contributed by atoms with Crippen LogP contribution in [0.4, 0.5) is 4.39 Å². The highest BCUT2D eigenvalue weighted by atomic mass is 32.2. The molecule has 1 aromatic rings. The lowest BCUT2D eigenvalue weighted by molar-refractivity contribution is 0.562. The summed E-state index contributed by atoms with van der Waals surface area (Å²) in [6, 6.07) is 5.15. The van der Waals surface area contributed by atoms with Crippen molar-refractivity contribution in [2.24, 2.45) is 5.92 Å². The minimum Gasteiger partial charge on any atom is -0.224 e. The van der Waals surface area contributed by atoms with Crippen LogP contribution in [0.5, 0.6) is 0 Å². The van der Waals surface area contributed by atoms with Crippen molar-refractivity contribution in [1.29, 1.82) is 0 Å². The molecular weight excluding hydrogens is 215 g/mol. The quantitative estimate of drug-likeness (QED) is 0.796. The van der Waals surface area contributed by atoms with Crippen LogP contribution in [-0.2, 0) is 9.84 Å². The van der Waals surface area contributed by atoms with Gasteiger partial charge in [0.25, 0.3) is 0 Å². The van der Waals surface area contributed by atoms with Gasteiger partial charge in [-0.1, -0.05) is 26.3 Å². The Morgan fingerprint density at radius 3 is 2.60 bits per heavy atom. The number of sulfone groups is 1. The van der Waals surface area contributed by atoms with Crippen LogP contribution in [0.1, 0.15) is 20.3 Å². The Labute approximate surface area is 90.0 Å². The van der Waals surface area contributed by atoms with E-state index in [4.69, 9.17) is 0 Å².